The van der Waals surface area contributed by atoms with E-state index < -0.39 is 0 Å². The number of guanidine groups is 1. The lowest BCUT2D eigenvalue weighted by molar-refractivity contribution is -0.0265. The average molecular weight is 426 g/mol. The van der Waals surface area contributed by atoms with E-state index in [4.69, 9.17) is 14.2 Å². The number of nitrogens with one attached hydrogen (secondary N) is 2. The van der Waals surface area contributed by atoms with Crippen LogP contribution in [0.5, 0.6) is 11.5 Å². The van der Waals surface area contributed by atoms with E-state index in [-0.39, 0.29) is 12.1 Å². The summed E-state index contributed by atoms with van der Waals surface area (Å²) in [6, 6.07) is 14.5. The molecule has 1 saturated heterocycles. The highest BCUT2D eigenvalue weighted by Gasteiger charge is 2.27. The van der Waals surface area contributed by atoms with Crippen LogP contribution in [0.25, 0.3) is 0 Å². The fraction of sp³-hybridized carbons (Fsp3) is 0.480. The molecule has 2 aromatic rings. The first-order valence-corrected chi connectivity index (χ1v) is 10.9. The van der Waals surface area contributed by atoms with Gasteiger partial charge < -0.3 is 24.8 Å². The molecule has 31 heavy (non-hydrogen) atoms. The number of methoxy groups -OCH3 is 2. The molecule has 0 aliphatic carbocycles. The minimum absolute atomic E-state index is 0.00764. The number of rotatable bonds is 7. The molecule has 168 valence electrons. The summed E-state index contributed by atoms with van der Waals surface area (Å²) in [7, 11) is 5.14. The first-order chi connectivity index (χ1) is 15.0. The molecular formula is C25H35N3O3. The molecule has 1 heterocycles. The number of aryl methyl sites for hydroxylation is 1. The molecule has 2 aromatic carbocycles. The van der Waals surface area contributed by atoms with Crippen molar-refractivity contribution in [1.82, 2.24) is 10.6 Å². The largest absolute Gasteiger partial charge is 0.497 e. The first-order valence-electron chi connectivity index (χ1n) is 10.9. The summed E-state index contributed by atoms with van der Waals surface area (Å²) >= 11 is 0. The number of hydrogen-bond acceptors (Lipinski definition) is 4. The van der Waals surface area contributed by atoms with Gasteiger partial charge in [-0.3, -0.25) is 4.99 Å². The lowest BCUT2D eigenvalue weighted by Gasteiger charge is -2.33. The van der Waals surface area contributed by atoms with Crippen LogP contribution in [0.1, 0.15) is 48.6 Å². The first kappa shape index (κ1) is 22.9. The van der Waals surface area contributed by atoms with Gasteiger partial charge in [-0.2, -0.15) is 0 Å². The van der Waals surface area contributed by atoms with E-state index in [1.165, 1.54) is 11.1 Å². The lowest BCUT2D eigenvalue weighted by atomic mass is 9.89. The quantitative estimate of drug-likeness (QED) is 0.508. The Morgan fingerprint density at radius 1 is 1.16 bits per heavy atom. The van der Waals surface area contributed by atoms with Gasteiger partial charge in [-0.1, -0.05) is 29.8 Å². The zero-order chi connectivity index (χ0) is 22.2. The Hall–Kier alpha value is -2.73. The molecule has 0 bridgehead atoms. The number of aliphatic imine (C=N–C) groups is 1. The second kappa shape index (κ2) is 11.0. The van der Waals surface area contributed by atoms with Crippen molar-refractivity contribution in [3.05, 3.63) is 59.2 Å². The van der Waals surface area contributed by atoms with Crippen molar-refractivity contribution in [2.75, 3.05) is 34.4 Å². The Kier molecular flexibility index (Phi) is 8.18. The van der Waals surface area contributed by atoms with Crippen molar-refractivity contribution in [2.24, 2.45) is 10.9 Å². The summed E-state index contributed by atoms with van der Waals surface area (Å²) in [6.45, 7) is 5.80. The Morgan fingerprint density at radius 3 is 2.61 bits per heavy atom. The van der Waals surface area contributed by atoms with Crippen molar-refractivity contribution >= 4 is 5.96 Å². The van der Waals surface area contributed by atoms with Gasteiger partial charge >= 0.3 is 0 Å². The molecule has 1 fully saturated rings. The molecule has 3 atom stereocenters. The Bertz CT molecular complexity index is 867. The number of benzene rings is 2. The van der Waals surface area contributed by atoms with Crippen molar-refractivity contribution in [3.63, 3.8) is 0 Å². The van der Waals surface area contributed by atoms with Gasteiger partial charge in [0.05, 0.1) is 26.4 Å². The van der Waals surface area contributed by atoms with E-state index in [1.54, 1.807) is 21.3 Å². The van der Waals surface area contributed by atoms with E-state index in [0.717, 1.165) is 49.0 Å². The van der Waals surface area contributed by atoms with Crippen LogP contribution in [0.2, 0.25) is 0 Å². The summed E-state index contributed by atoms with van der Waals surface area (Å²) in [4.78, 5) is 4.43. The van der Waals surface area contributed by atoms with Crippen molar-refractivity contribution < 1.29 is 14.2 Å². The molecule has 2 N–H and O–H groups in total. The third-order valence-corrected chi connectivity index (χ3v) is 5.86. The molecule has 1 aliphatic heterocycles. The zero-order valence-corrected chi connectivity index (χ0v) is 19.3. The fourth-order valence-corrected chi connectivity index (χ4v) is 4.06. The second-order valence-electron chi connectivity index (χ2n) is 8.03. The minimum Gasteiger partial charge on any atom is -0.497 e. The average Bonchev–Trinajstić information content (AvgIpc) is 2.81. The van der Waals surface area contributed by atoms with E-state index in [2.05, 4.69) is 53.7 Å². The molecule has 0 spiro atoms. The van der Waals surface area contributed by atoms with Crippen LogP contribution in [-0.4, -0.2) is 40.4 Å². The SMILES string of the molecule is CN=C(NCC1CCCOC1c1ccc(C)cc1)NC(C)c1cc(OC)ccc1OC. The van der Waals surface area contributed by atoms with Gasteiger partial charge in [0, 0.05) is 31.7 Å². The van der Waals surface area contributed by atoms with E-state index in [9.17, 15) is 0 Å². The summed E-state index contributed by atoms with van der Waals surface area (Å²) in [5.74, 6) is 2.76. The number of hydrogen-bond donors (Lipinski definition) is 2. The molecule has 0 radical (unpaired) electrons. The minimum atomic E-state index is -0.00764. The Morgan fingerprint density at radius 2 is 1.94 bits per heavy atom. The maximum absolute atomic E-state index is 6.16. The molecule has 3 unspecified atom stereocenters. The Labute approximate surface area is 186 Å². The zero-order valence-electron chi connectivity index (χ0n) is 19.3. The summed E-state index contributed by atoms with van der Waals surface area (Å²) in [6.07, 6.45) is 2.32. The smallest absolute Gasteiger partial charge is 0.191 e. The van der Waals surface area contributed by atoms with Crippen LogP contribution in [0.15, 0.2) is 47.5 Å². The van der Waals surface area contributed by atoms with Gasteiger partial charge in [-0.15, -0.1) is 0 Å². The van der Waals surface area contributed by atoms with E-state index in [1.807, 2.05) is 18.2 Å². The van der Waals surface area contributed by atoms with Gasteiger partial charge in [-0.05, 0) is 50.5 Å². The summed E-state index contributed by atoms with van der Waals surface area (Å²) in [5.41, 5.74) is 3.53. The molecule has 3 rings (SSSR count). The highest BCUT2D eigenvalue weighted by Crippen LogP contribution is 2.33. The highest BCUT2D eigenvalue weighted by molar-refractivity contribution is 5.80. The van der Waals surface area contributed by atoms with Crippen molar-refractivity contribution in [3.8, 4) is 11.5 Å². The van der Waals surface area contributed by atoms with Gasteiger partial charge in [0.25, 0.3) is 0 Å². The second-order valence-corrected chi connectivity index (χ2v) is 8.03. The third-order valence-electron chi connectivity index (χ3n) is 5.86. The summed E-state index contributed by atoms with van der Waals surface area (Å²) < 4.78 is 17.1. The molecule has 1 aliphatic rings. The van der Waals surface area contributed by atoms with Crippen LogP contribution in [0.3, 0.4) is 0 Å². The maximum Gasteiger partial charge on any atom is 0.191 e. The lowest BCUT2D eigenvalue weighted by Crippen LogP contribution is -2.42. The van der Waals surface area contributed by atoms with Gasteiger partial charge in [0.2, 0.25) is 0 Å². The monoisotopic (exact) mass is 425 g/mol. The van der Waals surface area contributed by atoms with Crippen LogP contribution in [-0.2, 0) is 4.74 Å². The van der Waals surface area contributed by atoms with Gasteiger partial charge in [0.15, 0.2) is 5.96 Å². The van der Waals surface area contributed by atoms with Crippen LogP contribution >= 0.6 is 0 Å². The molecular weight excluding hydrogens is 390 g/mol. The topological polar surface area (TPSA) is 64.1 Å². The van der Waals surface area contributed by atoms with Gasteiger partial charge in [-0.25, -0.2) is 0 Å². The third kappa shape index (κ3) is 5.91. The number of nitrogens with zero attached hydrogens (tertiary/aromatic N) is 1. The molecule has 0 saturated carbocycles. The summed E-state index contributed by atoms with van der Waals surface area (Å²) in [5, 5.41) is 6.98. The number of ether oxygens (including phenoxy) is 3. The normalized spacial score (nSPS) is 20.1. The molecule has 6 heteroatoms. The van der Waals surface area contributed by atoms with E-state index >= 15 is 0 Å². The molecule has 6 nitrogen and oxygen atoms in total. The van der Waals surface area contributed by atoms with Crippen LogP contribution in [0.4, 0.5) is 0 Å². The molecule has 0 aromatic heterocycles. The Balaban J connectivity index is 1.65. The van der Waals surface area contributed by atoms with Crippen molar-refractivity contribution in [2.45, 2.75) is 38.8 Å². The van der Waals surface area contributed by atoms with Crippen LogP contribution in [0, 0.1) is 12.8 Å². The molecule has 0 amide bonds. The van der Waals surface area contributed by atoms with Gasteiger partial charge in [0.1, 0.15) is 11.5 Å². The maximum atomic E-state index is 6.16. The highest BCUT2D eigenvalue weighted by atomic mass is 16.5. The standard InChI is InChI=1S/C25H35N3O3/c1-17-8-10-19(11-9-17)24-20(7-6-14-31-24)16-27-25(26-3)28-18(2)22-15-21(29-4)12-13-23(22)30-5/h8-13,15,18,20,24H,6-7,14,16H2,1-5H3,(H2,26,27,28). The predicted molar refractivity (Wildman–Crippen MR) is 125 cm³/mol. The predicted octanol–water partition coefficient (Wildman–Crippen LogP) is 4.41. The van der Waals surface area contributed by atoms with E-state index in [0.29, 0.717) is 5.92 Å². The van der Waals surface area contributed by atoms with Crippen LogP contribution < -0.4 is 20.1 Å². The van der Waals surface area contributed by atoms with Crippen molar-refractivity contribution in [1.29, 1.82) is 0 Å². The fourth-order valence-electron chi connectivity index (χ4n) is 4.06.